The fourth-order valence-electron chi connectivity index (χ4n) is 2.81. The van der Waals surface area contributed by atoms with E-state index in [1.165, 1.54) is 59.2 Å². The molecule has 2 aliphatic carbocycles. The molecule has 23 heavy (non-hydrogen) atoms. The summed E-state index contributed by atoms with van der Waals surface area (Å²) in [4.78, 5) is 0. The van der Waals surface area contributed by atoms with E-state index in [-0.39, 0.29) is 15.1 Å². The number of halogens is 2. The molecule has 0 unspecified atom stereocenters. The molecule has 0 aromatic rings. The van der Waals surface area contributed by atoms with E-state index in [9.17, 15) is 0 Å². The Balaban J connectivity index is 0.000000360. The predicted molar refractivity (Wildman–Crippen MR) is 101 cm³/mol. The zero-order valence-electron chi connectivity index (χ0n) is 16.1. The van der Waals surface area contributed by atoms with Crippen molar-refractivity contribution < 1.29 is 15.1 Å². The second-order valence-corrected chi connectivity index (χ2v) is 8.79. The van der Waals surface area contributed by atoms with Gasteiger partial charge in [-0.15, -0.1) is 0 Å². The molecular weight excluding hydrogens is 414 g/mol. The van der Waals surface area contributed by atoms with Crippen LogP contribution in [-0.4, -0.2) is 0 Å². The summed E-state index contributed by atoms with van der Waals surface area (Å²) in [5.41, 5.74) is 0. The first-order valence-electron chi connectivity index (χ1n) is 7.75. The quantitative estimate of drug-likeness (QED) is 0.344. The molecule has 0 spiro atoms. The topological polar surface area (TPSA) is 0 Å². The van der Waals surface area contributed by atoms with Crippen LogP contribution < -0.4 is 0 Å². The molecule has 0 nitrogen and oxygen atoms in total. The molecule has 0 heterocycles. The first-order valence-corrected chi connectivity index (χ1v) is 12.0. The molecule has 3 heteroatoms. The number of hydrogen-bond donors (Lipinski definition) is 0. The molecule has 0 amide bonds. The van der Waals surface area contributed by atoms with E-state index in [1.54, 1.807) is 0 Å². The van der Waals surface area contributed by atoms with Gasteiger partial charge in [0, 0.05) is 0 Å². The minimum atomic E-state index is -0.226. The van der Waals surface area contributed by atoms with Gasteiger partial charge in [-0.05, 0) is 59.2 Å². The summed E-state index contributed by atoms with van der Waals surface area (Å²) in [6.07, 6.45) is 0. The zero-order chi connectivity index (χ0) is 18.5. The molecule has 0 N–H and O–H groups in total. The van der Waals surface area contributed by atoms with Gasteiger partial charge in [0.15, 0.2) is 0 Å². The van der Waals surface area contributed by atoms with Crippen LogP contribution in [0.1, 0.15) is 69.2 Å². The van der Waals surface area contributed by atoms with E-state index in [2.05, 4.69) is 69.2 Å². The molecule has 0 saturated heterocycles. The summed E-state index contributed by atoms with van der Waals surface area (Å²) >= 11 is -0.226. The molecule has 2 aliphatic rings. The minimum absolute atomic E-state index is 0.226. The number of rotatable bonds is 0. The summed E-state index contributed by atoms with van der Waals surface area (Å²) in [6, 6.07) is 0. The molecule has 2 fully saturated rings. The van der Waals surface area contributed by atoms with Crippen molar-refractivity contribution in [2.45, 2.75) is 69.2 Å². The van der Waals surface area contributed by atoms with Gasteiger partial charge in [0.2, 0.25) is 0 Å². The van der Waals surface area contributed by atoms with Crippen molar-refractivity contribution in [2.24, 2.45) is 0 Å². The van der Waals surface area contributed by atoms with Gasteiger partial charge in [-0.25, -0.2) is 0 Å². The normalized spacial score (nSPS) is 25.7. The van der Waals surface area contributed by atoms with E-state index < -0.39 is 0 Å². The summed E-state index contributed by atoms with van der Waals surface area (Å²) in [6.45, 7) is 22.0. The van der Waals surface area contributed by atoms with Crippen LogP contribution in [0, 0.1) is 59.2 Å². The molecule has 2 saturated carbocycles. The van der Waals surface area contributed by atoms with Crippen molar-refractivity contribution in [3.05, 3.63) is 59.2 Å². The van der Waals surface area contributed by atoms with Crippen LogP contribution in [0.15, 0.2) is 0 Å². The van der Waals surface area contributed by atoms with Crippen molar-refractivity contribution in [1.82, 2.24) is 0 Å². The number of hydrogen-bond acceptors (Lipinski definition) is 0. The van der Waals surface area contributed by atoms with E-state index in [0.717, 1.165) is 0 Å². The van der Waals surface area contributed by atoms with Crippen molar-refractivity contribution in [3.8, 4) is 0 Å². The van der Waals surface area contributed by atoms with Crippen LogP contribution in [0.5, 0.6) is 0 Å². The Bertz CT molecular complexity index is 203. The van der Waals surface area contributed by atoms with Crippen LogP contribution in [0.4, 0.5) is 0 Å². The average Bonchev–Trinajstić information content (AvgIpc) is 2.80. The Kier molecular flexibility index (Phi) is 11.6. The van der Waals surface area contributed by atoms with E-state index in [0.29, 0.717) is 0 Å². The Hall–Kier alpha value is 1.20. The van der Waals surface area contributed by atoms with Gasteiger partial charge in [0.25, 0.3) is 0 Å². The fourth-order valence-corrected chi connectivity index (χ4v) is 2.81. The third-order valence-electron chi connectivity index (χ3n) is 5.62. The molecule has 10 radical (unpaired) electrons. The molecule has 133 valence electrons. The summed E-state index contributed by atoms with van der Waals surface area (Å²) in [5, 5.41) is 0. The van der Waals surface area contributed by atoms with Crippen LogP contribution in [-0.2, 0) is 15.1 Å². The first-order chi connectivity index (χ1) is 10.5. The van der Waals surface area contributed by atoms with Gasteiger partial charge in [-0.1, -0.05) is 69.2 Å². The third-order valence-corrected chi connectivity index (χ3v) is 5.62. The maximum absolute atomic E-state index is 4.83. The first kappa shape index (κ1) is 24.2. The molecule has 0 aromatic carbocycles. The fraction of sp³-hybridized carbons (Fsp3) is 0.500. The van der Waals surface area contributed by atoms with Crippen LogP contribution >= 0.6 is 19.4 Å². The maximum atomic E-state index is 4.83. The van der Waals surface area contributed by atoms with E-state index in [4.69, 9.17) is 19.4 Å². The van der Waals surface area contributed by atoms with Gasteiger partial charge in [0.05, 0.1) is 0 Å². The van der Waals surface area contributed by atoms with Crippen LogP contribution in [0.2, 0.25) is 0 Å². The predicted octanol–water partition coefficient (Wildman–Crippen LogP) is 7.32. The SMILES string of the molecule is C[C]1[C](C)[C](C)[C](C)[C]1C.C[C]1[C](C)[C](C)[C](C)[C]1C.[Cl][Rh][Cl]. The van der Waals surface area contributed by atoms with Gasteiger partial charge in [-0.3, -0.25) is 0 Å². The average molecular weight is 444 g/mol. The summed E-state index contributed by atoms with van der Waals surface area (Å²) < 4.78 is 0. The Morgan fingerprint density at radius 3 is 0.435 bits per heavy atom. The molecular formula is C20H30Cl2Rh. The summed E-state index contributed by atoms with van der Waals surface area (Å²) in [5.74, 6) is 14.7. The van der Waals surface area contributed by atoms with Crippen molar-refractivity contribution >= 4 is 19.4 Å². The molecule has 2 rings (SSSR count). The van der Waals surface area contributed by atoms with E-state index in [1.807, 2.05) is 0 Å². The van der Waals surface area contributed by atoms with Crippen LogP contribution in [0.25, 0.3) is 0 Å². The standard InChI is InChI=1S/2C10H15.2ClH.Rh/c2*1-6-7(2)9(4)10(5)8(6)3;;;/h2*1-5H3;2*1H;/q;;;;+2/p-2. The van der Waals surface area contributed by atoms with Gasteiger partial charge in [0.1, 0.15) is 0 Å². The second-order valence-electron chi connectivity index (χ2n) is 6.30. The molecule has 0 aromatic heterocycles. The Morgan fingerprint density at radius 2 is 0.391 bits per heavy atom. The van der Waals surface area contributed by atoms with E-state index >= 15 is 0 Å². The third kappa shape index (κ3) is 6.14. The second kappa shape index (κ2) is 11.0. The van der Waals surface area contributed by atoms with Crippen LogP contribution in [0.3, 0.4) is 0 Å². The molecule has 0 atom stereocenters. The van der Waals surface area contributed by atoms with Gasteiger partial charge in [-0.2, -0.15) is 0 Å². The molecule has 0 aliphatic heterocycles. The van der Waals surface area contributed by atoms with Crippen molar-refractivity contribution in [3.63, 3.8) is 0 Å². The monoisotopic (exact) mass is 443 g/mol. The zero-order valence-corrected chi connectivity index (χ0v) is 19.2. The summed E-state index contributed by atoms with van der Waals surface area (Å²) in [7, 11) is 9.67. The Labute approximate surface area is 162 Å². The van der Waals surface area contributed by atoms with Crippen molar-refractivity contribution in [1.29, 1.82) is 0 Å². The van der Waals surface area contributed by atoms with Gasteiger partial charge < -0.3 is 0 Å². The van der Waals surface area contributed by atoms with Crippen molar-refractivity contribution in [2.75, 3.05) is 0 Å². The molecule has 0 bridgehead atoms. The Morgan fingerprint density at radius 1 is 0.348 bits per heavy atom. The van der Waals surface area contributed by atoms with Gasteiger partial charge >= 0.3 is 34.5 Å².